The highest BCUT2D eigenvalue weighted by atomic mass is 32.1. The fourth-order valence-electron chi connectivity index (χ4n) is 2.94. The van der Waals surface area contributed by atoms with Gasteiger partial charge in [-0.3, -0.25) is 0 Å². The largest absolute Gasteiger partial charge is 0.497 e. The summed E-state index contributed by atoms with van der Waals surface area (Å²) in [7, 11) is 1.73. The second-order valence-electron chi connectivity index (χ2n) is 5.66. The fourth-order valence-corrected chi connectivity index (χ4v) is 3.71. The molecule has 0 spiro atoms. The van der Waals surface area contributed by atoms with Crippen molar-refractivity contribution in [3.8, 4) is 5.75 Å². The predicted molar refractivity (Wildman–Crippen MR) is 87.4 cm³/mol. The van der Waals surface area contributed by atoms with Gasteiger partial charge in [0.25, 0.3) is 0 Å². The molecular weight excluding hydrogens is 280 g/mol. The summed E-state index contributed by atoms with van der Waals surface area (Å²) in [6, 6.07) is 7.04. The molecule has 0 fully saturated rings. The Morgan fingerprint density at radius 3 is 3.05 bits per heavy atom. The zero-order valence-electron chi connectivity index (χ0n) is 12.7. The number of rotatable bonds is 5. The number of hydrogen-bond acceptors (Lipinski definition) is 4. The lowest BCUT2D eigenvalue weighted by Crippen LogP contribution is -2.35. The molecule has 0 saturated heterocycles. The molecule has 1 aromatic carbocycles. The predicted octanol–water partition coefficient (Wildman–Crippen LogP) is 3.15. The van der Waals surface area contributed by atoms with Gasteiger partial charge >= 0.3 is 0 Å². The molecule has 1 atom stereocenters. The third-order valence-electron chi connectivity index (χ3n) is 4.08. The number of hydrogen-bond donors (Lipinski definition) is 1. The van der Waals surface area contributed by atoms with E-state index in [2.05, 4.69) is 40.8 Å². The van der Waals surface area contributed by atoms with Gasteiger partial charge in [0, 0.05) is 30.1 Å². The molecule has 21 heavy (non-hydrogen) atoms. The summed E-state index contributed by atoms with van der Waals surface area (Å²) in [5.41, 5.74) is 4.04. The molecular formula is C17H22N2OS. The molecule has 3 nitrogen and oxygen atoms in total. The molecule has 1 aliphatic carbocycles. The van der Waals surface area contributed by atoms with Crippen LogP contribution in [0.15, 0.2) is 23.6 Å². The molecule has 0 bridgehead atoms. The van der Waals surface area contributed by atoms with Crippen molar-refractivity contribution in [2.45, 2.75) is 38.6 Å². The van der Waals surface area contributed by atoms with Crippen LogP contribution in [0.2, 0.25) is 0 Å². The molecule has 0 radical (unpaired) electrons. The Kier molecular flexibility index (Phi) is 4.56. The highest BCUT2D eigenvalue weighted by molar-refractivity contribution is 7.09. The number of ether oxygens (including phenoxy) is 1. The van der Waals surface area contributed by atoms with Crippen LogP contribution in [0.3, 0.4) is 0 Å². The lowest BCUT2D eigenvalue weighted by Gasteiger charge is -2.26. The summed E-state index contributed by atoms with van der Waals surface area (Å²) in [6.07, 6.45) is 4.51. The monoisotopic (exact) mass is 302 g/mol. The second-order valence-corrected chi connectivity index (χ2v) is 6.60. The minimum absolute atomic E-state index is 0.575. The van der Waals surface area contributed by atoms with Crippen molar-refractivity contribution in [3.05, 3.63) is 45.4 Å². The standard InChI is InChI=1S/C17H22N2OS/c1-12-11-21-17(19-12)7-8-18-15-5-3-13-4-6-16(20-2)10-14(13)9-15/h4,6,10-11,15,18H,3,5,7-9H2,1-2H3. The van der Waals surface area contributed by atoms with Crippen LogP contribution < -0.4 is 10.1 Å². The van der Waals surface area contributed by atoms with Crippen molar-refractivity contribution < 1.29 is 4.74 Å². The van der Waals surface area contributed by atoms with E-state index in [1.54, 1.807) is 18.4 Å². The van der Waals surface area contributed by atoms with Crippen LogP contribution in [0.4, 0.5) is 0 Å². The van der Waals surface area contributed by atoms with E-state index < -0.39 is 0 Å². The van der Waals surface area contributed by atoms with Gasteiger partial charge in [0.2, 0.25) is 0 Å². The van der Waals surface area contributed by atoms with Crippen molar-refractivity contribution in [1.82, 2.24) is 10.3 Å². The van der Waals surface area contributed by atoms with E-state index in [4.69, 9.17) is 4.74 Å². The highest BCUT2D eigenvalue weighted by Gasteiger charge is 2.18. The van der Waals surface area contributed by atoms with Crippen molar-refractivity contribution in [2.75, 3.05) is 13.7 Å². The molecule has 3 rings (SSSR count). The van der Waals surface area contributed by atoms with Crippen molar-refractivity contribution in [3.63, 3.8) is 0 Å². The third-order valence-corrected chi connectivity index (χ3v) is 5.11. The quantitative estimate of drug-likeness (QED) is 0.921. The van der Waals surface area contributed by atoms with E-state index in [0.717, 1.165) is 37.3 Å². The first-order valence-corrected chi connectivity index (χ1v) is 8.43. The van der Waals surface area contributed by atoms with Gasteiger partial charge in [-0.15, -0.1) is 11.3 Å². The number of fused-ring (bicyclic) bond motifs is 1. The average Bonchev–Trinajstić information content (AvgIpc) is 2.92. The zero-order chi connectivity index (χ0) is 14.7. The van der Waals surface area contributed by atoms with Crippen LogP contribution >= 0.6 is 11.3 Å². The van der Waals surface area contributed by atoms with Gasteiger partial charge in [0.05, 0.1) is 12.1 Å². The van der Waals surface area contributed by atoms with Crippen molar-refractivity contribution in [1.29, 1.82) is 0 Å². The SMILES string of the molecule is COc1ccc2c(c1)CC(NCCc1nc(C)cs1)CC2. The Labute approximate surface area is 130 Å². The highest BCUT2D eigenvalue weighted by Crippen LogP contribution is 2.25. The van der Waals surface area contributed by atoms with E-state index in [9.17, 15) is 0 Å². The smallest absolute Gasteiger partial charge is 0.119 e. The molecule has 1 aromatic heterocycles. The Morgan fingerprint density at radius 2 is 2.29 bits per heavy atom. The summed E-state index contributed by atoms with van der Waals surface area (Å²) in [5.74, 6) is 0.965. The van der Waals surface area contributed by atoms with Crippen LogP contribution in [0.25, 0.3) is 0 Å². The topological polar surface area (TPSA) is 34.1 Å². The Bertz CT molecular complexity index is 609. The maximum absolute atomic E-state index is 5.33. The number of aryl methyl sites for hydroxylation is 2. The van der Waals surface area contributed by atoms with Crippen LogP contribution in [-0.2, 0) is 19.3 Å². The molecule has 0 amide bonds. The van der Waals surface area contributed by atoms with Crippen LogP contribution in [0, 0.1) is 6.92 Å². The molecule has 112 valence electrons. The normalized spacial score (nSPS) is 17.5. The molecule has 0 saturated carbocycles. The molecule has 0 aliphatic heterocycles. The van der Waals surface area contributed by atoms with Gasteiger partial charge in [-0.1, -0.05) is 6.07 Å². The zero-order valence-corrected chi connectivity index (χ0v) is 13.5. The lowest BCUT2D eigenvalue weighted by atomic mass is 9.88. The van der Waals surface area contributed by atoms with Crippen LogP contribution in [0.5, 0.6) is 5.75 Å². The first-order chi connectivity index (χ1) is 10.2. The number of benzene rings is 1. The minimum atomic E-state index is 0.575. The van der Waals surface area contributed by atoms with E-state index in [-0.39, 0.29) is 0 Å². The first-order valence-electron chi connectivity index (χ1n) is 7.55. The fraction of sp³-hybridized carbons (Fsp3) is 0.471. The summed E-state index contributed by atoms with van der Waals surface area (Å²) in [5, 5.41) is 7.04. The molecule has 2 aromatic rings. The Balaban J connectivity index is 1.53. The van der Waals surface area contributed by atoms with Gasteiger partial charge in [0.15, 0.2) is 0 Å². The van der Waals surface area contributed by atoms with Gasteiger partial charge in [-0.2, -0.15) is 0 Å². The molecule has 1 unspecified atom stereocenters. The second kappa shape index (κ2) is 6.58. The first kappa shape index (κ1) is 14.5. The summed E-state index contributed by atoms with van der Waals surface area (Å²) in [6.45, 7) is 3.07. The van der Waals surface area contributed by atoms with Crippen molar-refractivity contribution in [2.24, 2.45) is 0 Å². The minimum Gasteiger partial charge on any atom is -0.497 e. The molecule has 1 N–H and O–H groups in total. The molecule has 1 aliphatic rings. The number of methoxy groups -OCH3 is 1. The van der Waals surface area contributed by atoms with E-state index >= 15 is 0 Å². The number of aromatic nitrogens is 1. The number of thiazole rings is 1. The van der Waals surface area contributed by atoms with Gasteiger partial charge < -0.3 is 10.1 Å². The summed E-state index contributed by atoms with van der Waals surface area (Å²) in [4.78, 5) is 4.51. The van der Waals surface area contributed by atoms with Gasteiger partial charge in [-0.05, 0) is 49.4 Å². The Morgan fingerprint density at radius 1 is 1.38 bits per heavy atom. The summed E-state index contributed by atoms with van der Waals surface area (Å²) >= 11 is 1.76. The maximum Gasteiger partial charge on any atom is 0.119 e. The average molecular weight is 302 g/mol. The summed E-state index contributed by atoms with van der Waals surface area (Å²) < 4.78 is 5.33. The van der Waals surface area contributed by atoms with E-state index in [0.29, 0.717) is 6.04 Å². The van der Waals surface area contributed by atoms with E-state index in [1.807, 2.05) is 0 Å². The number of nitrogens with one attached hydrogen (secondary N) is 1. The van der Waals surface area contributed by atoms with Crippen LogP contribution in [0.1, 0.15) is 28.2 Å². The number of nitrogens with zero attached hydrogens (tertiary/aromatic N) is 1. The van der Waals surface area contributed by atoms with E-state index in [1.165, 1.54) is 22.6 Å². The third kappa shape index (κ3) is 3.63. The molecule has 4 heteroatoms. The maximum atomic E-state index is 5.33. The van der Waals surface area contributed by atoms with Gasteiger partial charge in [0.1, 0.15) is 5.75 Å². The Hall–Kier alpha value is -1.39. The van der Waals surface area contributed by atoms with Gasteiger partial charge in [-0.25, -0.2) is 4.98 Å². The van der Waals surface area contributed by atoms with Crippen LogP contribution in [-0.4, -0.2) is 24.7 Å². The van der Waals surface area contributed by atoms with Crippen molar-refractivity contribution >= 4 is 11.3 Å². The molecule has 1 heterocycles. The lowest BCUT2D eigenvalue weighted by molar-refractivity contribution is 0.411.